The van der Waals surface area contributed by atoms with Gasteiger partial charge in [-0.05, 0) is 37.1 Å². The first-order chi connectivity index (χ1) is 12.3. The minimum Gasteiger partial charge on any atom is -0.497 e. The molecular formula is C19H25N3O3. The van der Waals surface area contributed by atoms with Crippen LogP contribution < -0.4 is 10.1 Å². The third-order valence-corrected chi connectivity index (χ3v) is 4.44. The molecule has 0 unspecified atom stereocenters. The highest BCUT2D eigenvalue weighted by molar-refractivity contribution is 5.74. The Morgan fingerprint density at radius 2 is 1.92 bits per heavy atom. The van der Waals surface area contributed by atoms with Crippen LogP contribution in [0, 0.1) is 0 Å². The number of urea groups is 1. The van der Waals surface area contributed by atoms with Crippen LogP contribution in [0.25, 0.3) is 11.5 Å². The number of carbonyl (C=O) groups excluding carboxylic acids is 1. The quantitative estimate of drug-likeness (QED) is 0.902. The Hall–Kier alpha value is -2.50. The van der Waals surface area contributed by atoms with Crippen molar-refractivity contribution >= 4 is 6.03 Å². The van der Waals surface area contributed by atoms with Crippen molar-refractivity contribution in [1.82, 2.24) is 15.2 Å². The number of likely N-dealkylation sites (tertiary alicyclic amines) is 1. The lowest BCUT2D eigenvalue weighted by Crippen LogP contribution is -2.41. The molecule has 2 aromatic rings. The van der Waals surface area contributed by atoms with Crippen LogP contribution in [0.3, 0.4) is 0 Å². The van der Waals surface area contributed by atoms with Crippen molar-refractivity contribution in [3.05, 3.63) is 36.2 Å². The fraction of sp³-hybridized carbons (Fsp3) is 0.474. The molecule has 0 bridgehead atoms. The second-order valence-corrected chi connectivity index (χ2v) is 6.26. The first-order valence-electron chi connectivity index (χ1n) is 8.88. The molecule has 1 aromatic carbocycles. The number of amides is 2. The Labute approximate surface area is 148 Å². The van der Waals surface area contributed by atoms with Crippen molar-refractivity contribution in [2.75, 3.05) is 26.7 Å². The number of rotatable bonds is 5. The van der Waals surface area contributed by atoms with Gasteiger partial charge in [-0.15, -0.1) is 0 Å². The van der Waals surface area contributed by atoms with Gasteiger partial charge in [0.1, 0.15) is 12.0 Å². The van der Waals surface area contributed by atoms with Crippen LogP contribution in [0.1, 0.15) is 31.4 Å². The smallest absolute Gasteiger partial charge is 0.317 e. The molecule has 1 saturated heterocycles. The molecule has 1 aliphatic rings. The van der Waals surface area contributed by atoms with Gasteiger partial charge in [-0.25, -0.2) is 9.78 Å². The largest absolute Gasteiger partial charge is 0.497 e. The molecule has 1 aromatic heterocycles. The van der Waals surface area contributed by atoms with E-state index in [0.29, 0.717) is 18.9 Å². The van der Waals surface area contributed by atoms with Crippen molar-refractivity contribution in [3.8, 4) is 17.2 Å². The van der Waals surface area contributed by atoms with E-state index < -0.39 is 0 Å². The first kappa shape index (κ1) is 17.3. The summed E-state index contributed by atoms with van der Waals surface area (Å²) in [5.74, 6) is 1.38. The number of hydrogen-bond donors (Lipinski definition) is 1. The number of oxazole rings is 1. The average Bonchev–Trinajstić information content (AvgIpc) is 2.94. The minimum atomic E-state index is 0.0285. The third kappa shape index (κ3) is 4.75. The minimum absolute atomic E-state index is 0.0285. The molecule has 6 nitrogen and oxygen atoms in total. The topological polar surface area (TPSA) is 67.6 Å². The third-order valence-electron chi connectivity index (χ3n) is 4.44. The van der Waals surface area contributed by atoms with Gasteiger partial charge in [0.25, 0.3) is 0 Å². The van der Waals surface area contributed by atoms with Crippen LogP contribution in [-0.2, 0) is 6.42 Å². The van der Waals surface area contributed by atoms with Gasteiger partial charge in [0.15, 0.2) is 0 Å². The number of carbonyl (C=O) groups is 1. The lowest BCUT2D eigenvalue weighted by Gasteiger charge is -2.20. The lowest BCUT2D eigenvalue weighted by molar-refractivity contribution is 0.200. The van der Waals surface area contributed by atoms with E-state index >= 15 is 0 Å². The summed E-state index contributed by atoms with van der Waals surface area (Å²) in [5.41, 5.74) is 1.74. The van der Waals surface area contributed by atoms with Crippen LogP contribution in [0.5, 0.6) is 5.75 Å². The average molecular weight is 343 g/mol. The maximum absolute atomic E-state index is 12.2. The van der Waals surface area contributed by atoms with Crippen molar-refractivity contribution in [2.45, 2.75) is 32.1 Å². The molecule has 1 N–H and O–H groups in total. The van der Waals surface area contributed by atoms with Gasteiger partial charge in [0, 0.05) is 31.6 Å². The van der Waals surface area contributed by atoms with Crippen LogP contribution >= 0.6 is 0 Å². The fourth-order valence-corrected chi connectivity index (χ4v) is 2.97. The summed E-state index contributed by atoms with van der Waals surface area (Å²) in [4.78, 5) is 18.6. The zero-order chi connectivity index (χ0) is 17.5. The van der Waals surface area contributed by atoms with Crippen molar-refractivity contribution in [3.63, 3.8) is 0 Å². The molecule has 2 heterocycles. The molecule has 0 atom stereocenters. The predicted molar refractivity (Wildman–Crippen MR) is 95.6 cm³/mol. The SMILES string of the molecule is COc1ccc(-c2nc(CCNC(=O)N3CCCCCC3)co2)cc1. The molecule has 3 rings (SSSR count). The summed E-state index contributed by atoms with van der Waals surface area (Å²) in [6.45, 7) is 2.28. The molecule has 1 fully saturated rings. The van der Waals surface area contributed by atoms with E-state index in [-0.39, 0.29) is 6.03 Å². The summed E-state index contributed by atoms with van der Waals surface area (Å²) < 4.78 is 10.7. The second kappa shape index (κ2) is 8.55. The van der Waals surface area contributed by atoms with Crippen LogP contribution in [-0.4, -0.2) is 42.7 Å². The normalized spacial score (nSPS) is 14.8. The van der Waals surface area contributed by atoms with Crippen molar-refractivity contribution in [2.24, 2.45) is 0 Å². The van der Waals surface area contributed by atoms with Gasteiger partial charge in [0.05, 0.1) is 12.8 Å². The fourth-order valence-electron chi connectivity index (χ4n) is 2.97. The van der Waals surface area contributed by atoms with E-state index in [2.05, 4.69) is 10.3 Å². The highest BCUT2D eigenvalue weighted by Gasteiger charge is 2.15. The Kier molecular flexibility index (Phi) is 5.93. The van der Waals surface area contributed by atoms with Gasteiger partial charge < -0.3 is 19.4 Å². The maximum atomic E-state index is 12.2. The Morgan fingerprint density at radius 3 is 2.60 bits per heavy atom. The van der Waals surface area contributed by atoms with Gasteiger partial charge >= 0.3 is 6.03 Å². The van der Waals surface area contributed by atoms with E-state index in [9.17, 15) is 4.79 Å². The summed E-state index contributed by atoms with van der Waals surface area (Å²) in [6.07, 6.45) is 6.94. The molecule has 25 heavy (non-hydrogen) atoms. The molecular weight excluding hydrogens is 318 g/mol. The van der Waals surface area contributed by atoms with Gasteiger partial charge in [-0.2, -0.15) is 0 Å². The molecule has 6 heteroatoms. The zero-order valence-corrected chi connectivity index (χ0v) is 14.7. The lowest BCUT2D eigenvalue weighted by atomic mass is 10.2. The van der Waals surface area contributed by atoms with E-state index in [1.54, 1.807) is 13.4 Å². The van der Waals surface area contributed by atoms with Crippen molar-refractivity contribution in [1.29, 1.82) is 0 Å². The van der Waals surface area contributed by atoms with Crippen molar-refractivity contribution < 1.29 is 13.9 Å². The van der Waals surface area contributed by atoms with E-state index in [1.165, 1.54) is 12.8 Å². The van der Waals surface area contributed by atoms with Gasteiger partial charge in [-0.3, -0.25) is 0 Å². The number of aromatic nitrogens is 1. The second-order valence-electron chi connectivity index (χ2n) is 6.26. The maximum Gasteiger partial charge on any atom is 0.317 e. The summed E-state index contributed by atoms with van der Waals surface area (Å²) >= 11 is 0. The van der Waals surface area contributed by atoms with Gasteiger partial charge in [0.2, 0.25) is 5.89 Å². The van der Waals surface area contributed by atoms with Crippen LogP contribution in [0.4, 0.5) is 4.79 Å². The Bertz CT molecular complexity index is 673. The van der Waals surface area contributed by atoms with E-state index in [4.69, 9.17) is 9.15 Å². The van der Waals surface area contributed by atoms with Gasteiger partial charge in [-0.1, -0.05) is 12.8 Å². The Balaban J connectivity index is 1.48. The molecule has 2 amide bonds. The first-order valence-corrected chi connectivity index (χ1v) is 8.88. The van der Waals surface area contributed by atoms with Crippen LogP contribution in [0.15, 0.2) is 34.9 Å². The Morgan fingerprint density at radius 1 is 1.20 bits per heavy atom. The monoisotopic (exact) mass is 343 g/mol. The van der Waals surface area contributed by atoms with Crippen LogP contribution in [0.2, 0.25) is 0 Å². The van der Waals surface area contributed by atoms with E-state index in [0.717, 1.165) is 42.9 Å². The number of hydrogen-bond acceptors (Lipinski definition) is 4. The molecule has 0 radical (unpaired) electrons. The molecule has 0 aliphatic carbocycles. The molecule has 134 valence electrons. The predicted octanol–water partition coefficient (Wildman–Crippen LogP) is 3.48. The standard InChI is InChI=1S/C19H25N3O3/c1-24-17-8-6-15(7-9-17)18-21-16(14-25-18)10-11-20-19(23)22-12-4-2-3-5-13-22/h6-9,14H,2-5,10-13H2,1H3,(H,20,23). The number of ether oxygens (including phenoxy) is 1. The number of nitrogens with one attached hydrogen (secondary N) is 1. The number of methoxy groups -OCH3 is 1. The molecule has 0 saturated carbocycles. The highest BCUT2D eigenvalue weighted by Crippen LogP contribution is 2.21. The summed E-state index contributed by atoms with van der Waals surface area (Å²) in [5, 5.41) is 2.98. The summed E-state index contributed by atoms with van der Waals surface area (Å²) in [7, 11) is 1.64. The number of benzene rings is 1. The highest BCUT2D eigenvalue weighted by atomic mass is 16.5. The van der Waals surface area contributed by atoms with E-state index in [1.807, 2.05) is 29.2 Å². The molecule has 1 aliphatic heterocycles. The molecule has 0 spiro atoms. The zero-order valence-electron chi connectivity index (χ0n) is 14.7. The number of nitrogens with zero attached hydrogens (tertiary/aromatic N) is 2. The summed E-state index contributed by atoms with van der Waals surface area (Å²) in [6, 6.07) is 7.60.